The number of carboxylic acids is 1. The van der Waals surface area contributed by atoms with Crippen LogP contribution in [0.3, 0.4) is 0 Å². The van der Waals surface area contributed by atoms with Gasteiger partial charge in [-0.15, -0.1) is 0 Å². The van der Waals surface area contributed by atoms with Crippen molar-refractivity contribution in [2.45, 2.75) is 19.3 Å². The highest BCUT2D eigenvalue weighted by atomic mass is 32.1. The minimum atomic E-state index is -0.922. The fraction of sp³-hybridized carbons (Fsp3) is 0.192. The zero-order valence-corrected chi connectivity index (χ0v) is 18.7. The molecule has 2 N–H and O–H groups in total. The second-order valence-electron chi connectivity index (χ2n) is 8.37. The van der Waals surface area contributed by atoms with Crippen molar-refractivity contribution < 1.29 is 23.5 Å². The quantitative estimate of drug-likeness (QED) is 0.303. The van der Waals surface area contributed by atoms with Crippen molar-refractivity contribution in [3.63, 3.8) is 0 Å². The first-order valence-corrected chi connectivity index (χ1v) is 11.7. The molecule has 0 aliphatic heterocycles. The summed E-state index contributed by atoms with van der Waals surface area (Å²) in [5.74, 6) is -3.03. The molecule has 0 unspecified atom stereocenters. The number of anilines is 2. The lowest BCUT2D eigenvalue weighted by Crippen LogP contribution is -2.25. The van der Waals surface area contributed by atoms with Gasteiger partial charge in [0.15, 0.2) is 10.9 Å². The van der Waals surface area contributed by atoms with Crippen LogP contribution in [0.4, 0.5) is 19.6 Å². The van der Waals surface area contributed by atoms with Crippen LogP contribution in [0.1, 0.15) is 29.6 Å². The summed E-state index contributed by atoms with van der Waals surface area (Å²) >= 11 is 1.23. The van der Waals surface area contributed by atoms with Crippen molar-refractivity contribution in [3.05, 3.63) is 77.9 Å². The molecule has 5 rings (SSSR count). The maximum Gasteiger partial charge on any atom is 0.307 e. The molecule has 0 spiro atoms. The Labute approximate surface area is 198 Å². The lowest BCUT2D eigenvalue weighted by Gasteiger charge is -2.15. The molecule has 0 bridgehead atoms. The first-order valence-electron chi connectivity index (χ1n) is 10.9. The van der Waals surface area contributed by atoms with E-state index in [-0.39, 0.29) is 17.3 Å². The number of carboxylic acid groups (broad SMARTS) is 1. The molecule has 1 fully saturated rings. The number of rotatable bonds is 6. The monoisotopic (exact) mass is 478 g/mol. The topological polar surface area (TPSA) is 79.3 Å². The number of hydrogen-bond acceptors (Lipinski definition) is 5. The molecule has 172 valence electrons. The summed E-state index contributed by atoms with van der Waals surface area (Å²) in [4.78, 5) is 28.6. The predicted molar refractivity (Wildman–Crippen MR) is 127 cm³/mol. The van der Waals surface area contributed by atoms with Crippen molar-refractivity contribution in [3.8, 4) is 11.1 Å². The SMILES string of the molecule is O=C(O)[C@H]1CCC[C@@H]1C(=O)c1ccc(-c2ccc(Nc3nc4ccc(F)cc4s3)c(F)c2)cc1. The number of ketones is 1. The van der Waals surface area contributed by atoms with Gasteiger partial charge in [-0.3, -0.25) is 9.59 Å². The molecule has 3 aromatic carbocycles. The number of aromatic nitrogens is 1. The summed E-state index contributed by atoms with van der Waals surface area (Å²) in [5.41, 5.74) is 2.72. The maximum absolute atomic E-state index is 14.8. The minimum absolute atomic E-state index is 0.155. The van der Waals surface area contributed by atoms with E-state index < -0.39 is 23.6 Å². The van der Waals surface area contributed by atoms with E-state index in [0.717, 1.165) is 12.0 Å². The lowest BCUT2D eigenvalue weighted by atomic mass is 9.88. The summed E-state index contributed by atoms with van der Waals surface area (Å²) in [5, 5.41) is 12.8. The molecule has 4 aromatic rings. The summed E-state index contributed by atoms with van der Waals surface area (Å²) in [7, 11) is 0. The number of fused-ring (bicyclic) bond motifs is 1. The lowest BCUT2D eigenvalue weighted by molar-refractivity contribution is -0.142. The summed E-state index contributed by atoms with van der Waals surface area (Å²) < 4.78 is 28.9. The van der Waals surface area contributed by atoms with Gasteiger partial charge in [0, 0.05) is 11.5 Å². The first kappa shape index (κ1) is 22.2. The fourth-order valence-electron chi connectivity index (χ4n) is 4.47. The van der Waals surface area contributed by atoms with E-state index in [1.54, 1.807) is 42.5 Å². The van der Waals surface area contributed by atoms with Gasteiger partial charge in [-0.05, 0) is 54.3 Å². The third-order valence-electron chi connectivity index (χ3n) is 6.23. The van der Waals surface area contributed by atoms with Crippen LogP contribution in [0.25, 0.3) is 21.3 Å². The van der Waals surface area contributed by atoms with Crippen LogP contribution < -0.4 is 5.32 Å². The summed E-state index contributed by atoms with van der Waals surface area (Å²) in [6.07, 6.45) is 1.84. The van der Waals surface area contributed by atoms with Crippen molar-refractivity contribution in [1.29, 1.82) is 0 Å². The average Bonchev–Trinajstić information content (AvgIpc) is 3.47. The van der Waals surface area contributed by atoms with E-state index in [2.05, 4.69) is 10.3 Å². The summed E-state index contributed by atoms with van der Waals surface area (Å²) in [6.45, 7) is 0. The van der Waals surface area contributed by atoms with E-state index in [1.807, 2.05) is 0 Å². The Morgan fingerprint density at radius 3 is 2.41 bits per heavy atom. The number of hydrogen-bond donors (Lipinski definition) is 2. The molecule has 1 aliphatic carbocycles. The number of Topliss-reactive ketones (excluding diaryl/α,β-unsaturated/α-hetero) is 1. The van der Waals surface area contributed by atoms with Crippen molar-refractivity contribution >= 4 is 44.1 Å². The average molecular weight is 479 g/mol. The molecule has 2 atom stereocenters. The number of carbonyl (C=O) groups is 2. The Bertz CT molecular complexity index is 1400. The normalized spacial score (nSPS) is 17.7. The van der Waals surface area contributed by atoms with Crippen LogP contribution in [-0.4, -0.2) is 21.8 Å². The molecular weight excluding hydrogens is 458 g/mol. The van der Waals surface area contributed by atoms with E-state index >= 15 is 0 Å². The number of nitrogens with one attached hydrogen (secondary N) is 1. The van der Waals surface area contributed by atoms with Crippen LogP contribution in [0.5, 0.6) is 0 Å². The van der Waals surface area contributed by atoms with Crippen molar-refractivity contribution in [2.24, 2.45) is 11.8 Å². The minimum Gasteiger partial charge on any atom is -0.481 e. The largest absolute Gasteiger partial charge is 0.481 e. The van der Waals surface area contributed by atoms with Gasteiger partial charge in [-0.1, -0.05) is 48.1 Å². The Morgan fingerprint density at radius 2 is 1.68 bits per heavy atom. The van der Waals surface area contributed by atoms with E-state index in [9.17, 15) is 23.5 Å². The number of aliphatic carboxylic acids is 1. The Kier molecular flexibility index (Phi) is 5.83. The van der Waals surface area contributed by atoms with Crippen LogP contribution in [-0.2, 0) is 4.79 Å². The van der Waals surface area contributed by atoms with Crippen LogP contribution in [0.2, 0.25) is 0 Å². The zero-order valence-electron chi connectivity index (χ0n) is 17.9. The van der Waals surface area contributed by atoms with Gasteiger partial charge in [0.2, 0.25) is 0 Å². The molecule has 34 heavy (non-hydrogen) atoms. The van der Waals surface area contributed by atoms with Gasteiger partial charge in [-0.2, -0.15) is 0 Å². The molecule has 1 heterocycles. The van der Waals surface area contributed by atoms with Crippen LogP contribution >= 0.6 is 11.3 Å². The molecule has 0 amide bonds. The summed E-state index contributed by atoms with van der Waals surface area (Å²) in [6, 6.07) is 15.9. The highest BCUT2D eigenvalue weighted by Gasteiger charge is 2.37. The van der Waals surface area contributed by atoms with Crippen molar-refractivity contribution in [2.75, 3.05) is 5.32 Å². The molecule has 1 aromatic heterocycles. The molecule has 0 saturated heterocycles. The highest BCUT2D eigenvalue weighted by molar-refractivity contribution is 7.22. The molecule has 0 radical (unpaired) electrons. The second-order valence-corrected chi connectivity index (χ2v) is 9.41. The Balaban J connectivity index is 1.32. The van der Waals surface area contributed by atoms with Gasteiger partial charge in [-0.25, -0.2) is 13.8 Å². The number of benzene rings is 3. The second kappa shape index (κ2) is 8.95. The smallest absolute Gasteiger partial charge is 0.307 e. The highest BCUT2D eigenvalue weighted by Crippen LogP contribution is 2.35. The molecule has 1 aliphatic rings. The maximum atomic E-state index is 14.8. The molecular formula is C26H20F2N2O3S. The molecule has 1 saturated carbocycles. The van der Waals surface area contributed by atoms with Gasteiger partial charge in [0.25, 0.3) is 0 Å². The number of nitrogens with zero attached hydrogens (tertiary/aromatic N) is 1. The van der Waals surface area contributed by atoms with Gasteiger partial charge < -0.3 is 10.4 Å². The predicted octanol–water partition coefficient (Wildman–Crippen LogP) is 6.67. The first-order chi connectivity index (χ1) is 16.4. The van der Waals surface area contributed by atoms with E-state index in [4.69, 9.17) is 0 Å². The number of thiazole rings is 1. The van der Waals surface area contributed by atoms with E-state index in [1.165, 1.54) is 29.5 Å². The van der Waals surface area contributed by atoms with Crippen molar-refractivity contribution in [1.82, 2.24) is 4.98 Å². The Hall–Kier alpha value is -3.65. The van der Waals surface area contributed by atoms with Crippen LogP contribution in [0.15, 0.2) is 60.7 Å². The third-order valence-corrected chi connectivity index (χ3v) is 7.17. The van der Waals surface area contributed by atoms with Gasteiger partial charge >= 0.3 is 5.97 Å². The fourth-order valence-corrected chi connectivity index (χ4v) is 5.38. The standard InChI is InChI=1S/C26H20F2N2O3S/c27-17-9-11-22-23(13-17)34-26(30-22)29-21-10-8-16(12-20(21)28)14-4-6-15(7-5-14)24(31)18-2-1-3-19(18)25(32)33/h4-13,18-19H,1-3H2,(H,29,30)(H,32,33)/t18-,19-/m0/s1. The number of carbonyl (C=O) groups excluding carboxylic acids is 1. The third kappa shape index (κ3) is 4.28. The number of halogens is 2. The zero-order chi connectivity index (χ0) is 23.8. The van der Waals surface area contributed by atoms with E-state index in [0.29, 0.717) is 39.3 Å². The van der Waals surface area contributed by atoms with Gasteiger partial charge in [0.1, 0.15) is 11.6 Å². The molecule has 5 nitrogen and oxygen atoms in total. The van der Waals surface area contributed by atoms with Crippen LogP contribution in [0, 0.1) is 23.5 Å². The Morgan fingerprint density at radius 1 is 0.941 bits per heavy atom. The van der Waals surface area contributed by atoms with Gasteiger partial charge in [0.05, 0.1) is 21.8 Å². The molecule has 8 heteroatoms.